The molecule has 0 atom stereocenters. The quantitative estimate of drug-likeness (QED) is 0.254. The molecule has 0 fully saturated rings. The van der Waals surface area contributed by atoms with Crippen molar-refractivity contribution in [1.29, 1.82) is 0 Å². The van der Waals surface area contributed by atoms with Crippen LogP contribution < -0.4 is 0 Å². The van der Waals surface area contributed by atoms with Crippen molar-refractivity contribution < 1.29 is 39.6 Å². The second-order valence-corrected chi connectivity index (χ2v) is 17.5. The molecule has 0 heterocycles. The highest BCUT2D eigenvalue weighted by Crippen LogP contribution is 2.49. The van der Waals surface area contributed by atoms with E-state index in [1.807, 2.05) is 12.5 Å². The molecule has 0 aliphatic rings. The topological polar surface area (TPSA) is 51.2 Å². The fourth-order valence-corrected chi connectivity index (χ4v) is 0.161. The molecule has 0 aromatic carbocycles. The van der Waals surface area contributed by atoms with Crippen LogP contribution in [0.1, 0.15) is 157 Å². The van der Waals surface area contributed by atoms with E-state index in [1.54, 1.807) is 11.8 Å². The van der Waals surface area contributed by atoms with Crippen LogP contribution in [0.3, 0.4) is 0 Å². The Bertz CT molecular complexity index is 631. The molecule has 0 saturated carbocycles. The molecule has 286 valence electrons. The molecule has 0 aromatic rings. The molecule has 3 nitrogen and oxygen atoms in total. The van der Waals surface area contributed by atoms with Crippen molar-refractivity contribution in [3.63, 3.8) is 0 Å². The van der Waals surface area contributed by atoms with Crippen LogP contribution in [-0.2, 0) is 14.6 Å². The Balaban J connectivity index is -0.0000000482. The molecule has 45 heavy (non-hydrogen) atoms. The maximum absolute atomic E-state index is 11.6. The molecule has 0 N–H and O–H groups in total. The van der Waals surface area contributed by atoms with Crippen LogP contribution in [0.5, 0.6) is 0 Å². The van der Waals surface area contributed by atoms with Gasteiger partial charge in [0.05, 0.1) is 0 Å². The minimum absolute atomic E-state index is 0.104. The fourth-order valence-electron chi connectivity index (χ4n) is 0.161. The average molecular weight is 713 g/mol. The van der Waals surface area contributed by atoms with Crippen LogP contribution >= 0.6 is 11.8 Å². The number of hydrogen-bond acceptors (Lipinski definition) is 4. The molecule has 0 rings (SSSR count). The summed E-state index contributed by atoms with van der Waals surface area (Å²) in [5.74, 6) is 1.00. The number of halogens is 6. The highest BCUT2D eigenvalue weighted by Gasteiger charge is 2.64. The van der Waals surface area contributed by atoms with Gasteiger partial charge >= 0.3 is 12.4 Å². The zero-order chi connectivity index (χ0) is 39.7. The zero-order valence-corrected chi connectivity index (χ0v) is 35.3. The van der Waals surface area contributed by atoms with Gasteiger partial charge in [-0.15, -0.1) is 0 Å². The van der Waals surface area contributed by atoms with Gasteiger partial charge in [0.15, 0.2) is 5.41 Å². The first-order valence-electron chi connectivity index (χ1n) is 15.4. The van der Waals surface area contributed by atoms with E-state index >= 15 is 0 Å². The molecular formula is C34H78F6O3S2. The Labute approximate surface area is 283 Å². The van der Waals surface area contributed by atoms with E-state index in [0.717, 1.165) is 18.4 Å². The maximum atomic E-state index is 11.6. The average Bonchev–Trinajstić information content (AvgIpc) is 2.70. The monoisotopic (exact) mass is 713 g/mol. The van der Waals surface area contributed by atoms with Gasteiger partial charge in [-0.2, -0.15) is 38.1 Å². The summed E-state index contributed by atoms with van der Waals surface area (Å²) >= 11 is 1.75. The number of carbonyl (C=O) groups excluding carboxylic acids is 1. The lowest BCUT2D eigenvalue weighted by molar-refractivity contribution is -0.327. The van der Waals surface area contributed by atoms with Gasteiger partial charge in [0.2, 0.25) is 0 Å². The summed E-state index contributed by atoms with van der Waals surface area (Å²) in [7, 11) is -2.67. The summed E-state index contributed by atoms with van der Waals surface area (Å²) in [6.07, 6.45) is 1.07. The van der Waals surface area contributed by atoms with Crippen LogP contribution in [0.25, 0.3) is 0 Å². The maximum Gasteiger partial charge on any atom is 0.402 e. The van der Waals surface area contributed by atoms with Crippen LogP contribution in [-0.4, -0.2) is 51.6 Å². The van der Waals surface area contributed by atoms with E-state index in [2.05, 4.69) is 104 Å². The Morgan fingerprint density at radius 3 is 0.733 bits per heavy atom. The number of thioether (sulfide) groups is 1. The molecule has 0 spiro atoms. The van der Waals surface area contributed by atoms with Gasteiger partial charge in [0, 0.05) is 12.5 Å². The van der Waals surface area contributed by atoms with Crippen molar-refractivity contribution in [2.45, 2.75) is 170 Å². The number of unbranched alkanes of at least 4 members (excludes halogenated alkanes) is 1. The molecule has 0 saturated heterocycles. The predicted octanol–water partition coefficient (Wildman–Crippen LogP) is 13.8. The van der Waals surface area contributed by atoms with E-state index in [1.165, 1.54) is 39.5 Å². The first-order chi connectivity index (χ1) is 19.3. The first-order valence-corrected chi connectivity index (χ1v) is 19.4. The first kappa shape index (κ1) is 66.9. The van der Waals surface area contributed by atoms with E-state index in [4.69, 9.17) is 0 Å². The summed E-state index contributed by atoms with van der Waals surface area (Å²) in [6, 6.07) is 0. The number of alkyl halides is 6. The molecule has 0 unspecified atom stereocenters. The SMILES string of the molecule is CC(C)(C(F)(F)F)C(F)(F)F.CC(C)(C)C.CC(C)=O.CC(C)C.CCC.CCC(C)(C)C.CCCC.CS(C)(=O)=O.CSC. The Morgan fingerprint density at radius 1 is 0.644 bits per heavy atom. The van der Waals surface area contributed by atoms with E-state index in [-0.39, 0.29) is 19.6 Å². The number of sulfone groups is 1. The predicted molar refractivity (Wildman–Crippen MR) is 194 cm³/mol. The summed E-state index contributed by atoms with van der Waals surface area (Å²) < 4.78 is 88.9. The number of hydrogen-bond donors (Lipinski definition) is 0. The Morgan fingerprint density at radius 2 is 0.733 bits per heavy atom. The molecule has 0 aliphatic carbocycles. The van der Waals surface area contributed by atoms with Crippen molar-refractivity contribution in [1.82, 2.24) is 0 Å². The number of carbonyl (C=O) groups is 1. The zero-order valence-electron chi connectivity index (χ0n) is 33.7. The molecule has 0 aliphatic heterocycles. The van der Waals surface area contributed by atoms with E-state index in [9.17, 15) is 39.6 Å². The second-order valence-electron chi connectivity index (χ2n) is 14.4. The minimum atomic E-state index is -5.24. The van der Waals surface area contributed by atoms with Crippen LogP contribution in [0.15, 0.2) is 0 Å². The Kier molecular flexibility index (Phi) is 54.1. The standard InChI is InChI=1S/C6H14.C5H6F6.C5H12.2C4H10.C3H6O.C3H8.C2H6O2S.C2H6S/c1-5-6(2,3)4;1-3(2,4(6,7)8)5(9,10)11;1-5(2,3)4;1-4(2)3;1-3-4-2;1-3(2)4;1-3-2;1-5(2,3)4;1-3-2/h5H2,1-4H3;1-2H3;1-4H3;4H,1-3H3;3-4H2,1-2H3;1-2H3;3H2,1-2H3;1-2H3;1-2H3. The summed E-state index contributed by atoms with van der Waals surface area (Å²) in [6.45, 7) is 36.1. The molecule has 0 radical (unpaired) electrons. The van der Waals surface area contributed by atoms with Crippen molar-refractivity contribution in [3.8, 4) is 0 Å². The van der Waals surface area contributed by atoms with Gasteiger partial charge in [-0.05, 0) is 57.0 Å². The lowest BCUT2D eigenvalue weighted by Crippen LogP contribution is -2.44. The lowest BCUT2D eigenvalue weighted by Gasteiger charge is -2.29. The van der Waals surface area contributed by atoms with Gasteiger partial charge in [-0.1, -0.05) is 130 Å². The second kappa shape index (κ2) is 36.4. The van der Waals surface area contributed by atoms with Crippen LogP contribution in [0, 0.1) is 22.2 Å². The third-order valence-corrected chi connectivity index (χ3v) is 2.98. The molecule has 11 heteroatoms. The minimum Gasteiger partial charge on any atom is -0.300 e. The summed E-state index contributed by atoms with van der Waals surface area (Å²) in [5.41, 5.74) is -2.58. The summed E-state index contributed by atoms with van der Waals surface area (Å²) in [4.78, 5) is 9.44. The fraction of sp³-hybridized carbons (Fsp3) is 0.971. The molecule has 0 amide bonds. The number of Topliss-reactive ketones (excluding diaryl/α,β-unsaturated/α-hetero) is 1. The smallest absolute Gasteiger partial charge is 0.300 e. The number of ketones is 1. The van der Waals surface area contributed by atoms with Crippen molar-refractivity contribution in [2.24, 2.45) is 22.2 Å². The highest BCUT2D eigenvalue weighted by atomic mass is 32.2. The lowest BCUT2D eigenvalue weighted by atomic mass is 9.92. The van der Waals surface area contributed by atoms with Crippen molar-refractivity contribution in [3.05, 3.63) is 0 Å². The van der Waals surface area contributed by atoms with E-state index < -0.39 is 27.6 Å². The van der Waals surface area contributed by atoms with E-state index in [0.29, 0.717) is 10.8 Å². The van der Waals surface area contributed by atoms with Crippen LogP contribution in [0.2, 0.25) is 0 Å². The van der Waals surface area contributed by atoms with Gasteiger partial charge in [0.25, 0.3) is 0 Å². The highest BCUT2D eigenvalue weighted by molar-refractivity contribution is 7.97. The molecular weight excluding hydrogens is 634 g/mol. The van der Waals surface area contributed by atoms with Gasteiger partial charge < -0.3 is 4.79 Å². The number of rotatable bonds is 1. The molecule has 0 bridgehead atoms. The molecule has 0 aromatic heterocycles. The van der Waals surface area contributed by atoms with Crippen molar-refractivity contribution >= 4 is 27.4 Å². The van der Waals surface area contributed by atoms with Crippen molar-refractivity contribution in [2.75, 3.05) is 25.0 Å². The normalized spacial score (nSPS) is 10.8. The Hall–Kier alpha value is -0.450. The largest absolute Gasteiger partial charge is 0.402 e. The van der Waals surface area contributed by atoms with Gasteiger partial charge in [-0.25, -0.2) is 8.42 Å². The van der Waals surface area contributed by atoms with Gasteiger partial charge in [0.1, 0.15) is 15.6 Å². The third-order valence-electron chi connectivity index (χ3n) is 2.98. The third kappa shape index (κ3) is 162. The van der Waals surface area contributed by atoms with Gasteiger partial charge in [-0.3, -0.25) is 0 Å². The summed E-state index contributed by atoms with van der Waals surface area (Å²) in [5, 5.41) is 0. The van der Waals surface area contributed by atoms with Crippen LogP contribution in [0.4, 0.5) is 26.3 Å².